The fraction of sp³-hybridized carbons (Fsp3) is 0.667. The smallest absolute Gasteiger partial charge is 0.323 e. The highest BCUT2D eigenvalue weighted by molar-refractivity contribution is 5.92. The summed E-state index contributed by atoms with van der Waals surface area (Å²) >= 11 is 0. The number of rotatable bonds is 6. The lowest BCUT2D eigenvalue weighted by Crippen LogP contribution is -2.42. The highest BCUT2D eigenvalue weighted by atomic mass is 16.2. The van der Waals surface area contributed by atoms with E-state index in [0.29, 0.717) is 25.3 Å². The van der Waals surface area contributed by atoms with Gasteiger partial charge in [-0.3, -0.25) is 4.79 Å². The molecule has 0 atom stereocenters. The molecule has 0 spiro atoms. The molecule has 0 saturated heterocycles. The maximum absolute atomic E-state index is 12.2. The van der Waals surface area contributed by atoms with Crippen LogP contribution in [0, 0.1) is 5.41 Å². The van der Waals surface area contributed by atoms with E-state index in [-0.39, 0.29) is 17.0 Å². The number of hydrogen-bond acceptors (Lipinski definition) is 3. The molecule has 1 rings (SSSR count). The molecule has 102 valence electrons. The fourth-order valence-corrected chi connectivity index (χ4v) is 1.72. The molecule has 0 bridgehead atoms. The second-order valence-corrected chi connectivity index (χ2v) is 5.25. The minimum absolute atomic E-state index is 0.137. The maximum atomic E-state index is 12.2. The first-order chi connectivity index (χ1) is 8.39. The lowest BCUT2D eigenvalue weighted by atomic mass is 9.93. The van der Waals surface area contributed by atoms with Crippen LogP contribution in [0.15, 0.2) is 11.0 Å². The first-order valence-electron chi connectivity index (χ1n) is 6.16. The normalized spacial score (nSPS) is 11.6. The van der Waals surface area contributed by atoms with E-state index in [1.54, 1.807) is 4.90 Å². The van der Waals surface area contributed by atoms with E-state index < -0.39 is 0 Å². The number of nitrogens with two attached hydrogens (primary N) is 1. The average molecular weight is 254 g/mol. The Morgan fingerprint density at radius 2 is 2.17 bits per heavy atom. The third kappa shape index (κ3) is 3.73. The van der Waals surface area contributed by atoms with Crippen molar-refractivity contribution in [2.75, 3.05) is 19.6 Å². The zero-order valence-electron chi connectivity index (χ0n) is 11.2. The molecule has 1 heterocycles. The molecule has 1 amide bonds. The summed E-state index contributed by atoms with van der Waals surface area (Å²) in [6.45, 7) is 7.77. The number of aromatic nitrogens is 2. The van der Waals surface area contributed by atoms with Crippen LogP contribution >= 0.6 is 0 Å². The van der Waals surface area contributed by atoms with Gasteiger partial charge in [0.05, 0.1) is 0 Å². The molecule has 0 aliphatic rings. The molecule has 6 nitrogen and oxygen atoms in total. The summed E-state index contributed by atoms with van der Waals surface area (Å²) in [6, 6.07) is 0. The van der Waals surface area contributed by atoms with Crippen molar-refractivity contribution in [2.24, 2.45) is 11.1 Å². The third-order valence-electron chi connectivity index (χ3n) is 2.78. The maximum Gasteiger partial charge on any atom is 0.323 e. The van der Waals surface area contributed by atoms with Crippen molar-refractivity contribution in [3.63, 3.8) is 0 Å². The Morgan fingerprint density at radius 1 is 1.50 bits per heavy atom. The molecule has 1 aromatic heterocycles. The van der Waals surface area contributed by atoms with E-state index in [2.05, 4.69) is 9.97 Å². The van der Waals surface area contributed by atoms with Crippen LogP contribution in [-0.4, -0.2) is 40.4 Å². The van der Waals surface area contributed by atoms with Gasteiger partial charge in [-0.15, -0.1) is 0 Å². The summed E-state index contributed by atoms with van der Waals surface area (Å²) in [6.07, 6.45) is 2.27. The fourth-order valence-electron chi connectivity index (χ4n) is 1.72. The van der Waals surface area contributed by atoms with Crippen LogP contribution in [0.2, 0.25) is 0 Å². The van der Waals surface area contributed by atoms with Gasteiger partial charge in [0.25, 0.3) is 5.91 Å². The van der Waals surface area contributed by atoms with Gasteiger partial charge in [0.1, 0.15) is 5.69 Å². The summed E-state index contributed by atoms with van der Waals surface area (Å²) in [4.78, 5) is 29.9. The van der Waals surface area contributed by atoms with Crippen molar-refractivity contribution in [3.05, 3.63) is 22.4 Å². The Kier molecular flexibility index (Phi) is 4.72. The van der Waals surface area contributed by atoms with Gasteiger partial charge >= 0.3 is 5.69 Å². The molecule has 0 saturated carbocycles. The van der Waals surface area contributed by atoms with Gasteiger partial charge in [-0.05, 0) is 18.4 Å². The minimum atomic E-state index is -0.368. The summed E-state index contributed by atoms with van der Waals surface area (Å²) < 4.78 is 0. The van der Waals surface area contributed by atoms with Gasteiger partial charge in [-0.1, -0.05) is 20.8 Å². The first kappa shape index (κ1) is 14.5. The van der Waals surface area contributed by atoms with E-state index in [1.165, 1.54) is 6.20 Å². The first-order valence-corrected chi connectivity index (χ1v) is 6.16. The van der Waals surface area contributed by atoms with Gasteiger partial charge in [0.15, 0.2) is 0 Å². The number of nitrogens with one attached hydrogen (secondary N) is 2. The number of aromatic amines is 2. The van der Waals surface area contributed by atoms with Crippen LogP contribution < -0.4 is 11.4 Å². The molecule has 0 aromatic carbocycles. The van der Waals surface area contributed by atoms with Crippen molar-refractivity contribution in [2.45, 2.75) is 27.2 Å². The summed E-state index contributed by atoms with van der Waals surface area (Å²) in [7, 11) is 0. The molecule has 0 fully saturated rings. The second kappa shape index (κ2) is 5.86. The molecule has 0 aliphatic heterocycles. The third-order valence-corrected chi connectivity index (χ3v) is 2.78. The average Bonchev–Trinajstić information content (AvgIpc) is 2.74. The standard InChI is InChI=1S/C12H22N4O2/c1-4-5-16(8-12(2,3)7-13)10(17)9-6-14-11(18)15-9/h6H,4-5,7-8,13H2,1-3H3,(H2,14,15,18). The number of nitrogens with zero attached hydrogens (tertiary/aromatic N) is 1. The van der Waals surface area contributed by atoms with E-state index >= 15 is 0 Å². The van der Waals surface area contributed by atoms with Crippen molar-refractivity contribution >= 4 is 5.91 Å². The molecular weight excluding hydrogens is 232 g/mol. The molecule has 0 radical (unpaired) electrons. The quantitative estimate of drug-likeness (QED) is 0.691. The highest BCUT2D eigenvalue weighted by Gasteiger charge is 2.24. The van der Waals surface area contributed by atoms with E-state index in [0.717, 1.165) is 6.42 Å². The SMILES string of the molecule is CCCN(CC(C)(C)CN)C(=O)c1c[nH]c(=O)[nH]1. The predicted octanol–water partition coefficient (Wildman–Crippen LogP) is 0.540. The summed E-state index contributed by atoms with van der Waals surface area (Å²) in [5, 5.41) is 0. The lowest BCUT2D eigenvalue weighted by molar-refractivity contribution is 0.0684. The van der Waals surface area contributed by atoms with Crippen LogP contribution in [0.3, 0.4) is 0 Å². The highest BCUT2D eigenvalue weighted by Crippen LogP contribution is 2.16. The zero-order valence-corrected chi connectivity index (χ0v) is 11.2. The predicted molar refractivity (Wildman–Crippen MR) is 70.4 cm³/mol. The molecule has 1 aromatic rings. The van der Waals surface area contributed by atoms with Gasteiger partial charge in [-0.2, -0.15) is 0 Å². The topological polar surface area (TPSA) is 95.0 Å². The molecule has 0 unspecified atom stereocenters. The second-order valence-electron chi connectivity index (χ2n) is 5.25. The number of hydrogen-bond donors (Lipinski definition) is 3. The number of carbonyl (C=O) groups is 1. The Bertz CT molecular complexity index is 447. The monoisotopic (exact) mass is 254 g/mol. The Balaban J connectivity index is 2.84. The molecular formula is C12H22N4O2. The van der Waals surface area contributed by atoms with E-state index in [1.807, 2.05) is 20.8 Å². The Hall–Kier alpha value is -1.56. The largest absolute Gasteiger partial charge is 0.337 e. The Labute approximate surface area is 107 Å². The van der Waals surface area contributed by atoms with Crippen molar-refractivity contribution in [1.29, 1.82) is 0 Å². The summed E-state index contributed by atoms with van der Waals surface area (Å²) in [5.74, 6) is -0.170. The van der Waals surface area contributed by atoms with Crippen LogP contribution in [0.25, 0.3) is 0 Å². The van der Waals surface area contributed by atoms with Gasteiger partial charge in [0, 0.05) is 19.3 Å². The van der Waals surface area contributed by atoms with Gasteiger partial charge < -0.3 is 20.6 Å². The van der Waals surface area contributed by atoms with Crippen LogP contribution in [0.1, 0.15) is 37.7 Å². The van der Waals surface area contributed by atoms with Crippen LogP contribution in [0.4, 0.5) is 0 Å². The zero-order chi connectivity index (χ0) is 13.8. The number of imidazole rings is 1. The minimum Gasteiger partial charge on any atom is -0.337 e. The Morgan fingerprint density at radius 3 is 2.61 bits per heavy atom. The molecule has 4 N–H and O–H groups in total. The van der Waals surface area contributed by atoms with Crippen LogP contribution in [-0.2, 0) is 0 Å². The number of H-pyrrole nitrogens is 2. The number of carbonyl (C=O) groups excluding carboxylic acids is 1. The molecule has 0 aliphatic carbocycles. The van der Waals surface area contributed by atoms with E-state index in [9.17, 15) is 9.59 Å². The lowest BCUT2D eigenvalue weighted by Gasteiger charge is -2.31. The molecule has 18 heavy (non-hydrogen) atoms. The molecule has 6 heteroatoms. The van der Waals surface area contributed by atoms with E-state index in [4.69, 9.17) is 5.73 Å². The van der Waals surface area contributed by atoms with Crippen molar-refractivity contribution in [1.82, 2.24) is 14.9 Å². The van der Waals surface area contributed by atoms with Crippen LogP contribution in [0.5, 0.6) is 0 Å². The summed E-state index contributed by atoms with van der Waals surface area (Å²) in [5.41, 5.74) is 5.48. The van der Waals surface area contributed by atoms with Crippen molar-refractivity contribution < 1.29 is 4.79 Å². The van der Waals surface area contributed by atoms with Crippen molar-refractivity contribution in [3.8, 4) is 0 Å². The van der Waals surface area contributed by atoms with Gasteiger partial charge in [-0.25, -0.2) is 4.79 Å². The van der Waals surface area contributed by atoms with Gasteiger partial charge in [0.2, 0.25) is 0 Å². The number of amides is 1.